The lowest BCUT2D eigenvalue weighted by Gasteiger charge is -2.29. The number of nitrogens with zero attached hydrogens (tertiary/aromatic N) is 2. The Morgan fingerprint density at radius 3 is 2.63 bits per heavy atom. The molecule has 2 aromatic carbocycles. The van der Waals surface area contributed by atoms with E-state index in [4.69, 9.17) is 9.47 Å². The smallest absolute Gasteiger partial charge is 0.414 e. The van der Waals surface area contributed by atoms with Gasteiger partial charge in [0.1, 0.15) is 11.9 Å². The van der Waals surface area contributed by atoms with Gasteiger partial charge in [-0.15, -0.1) is 0 Å². The Balaban J connectivity index is 1.33. The summed E-state index contributed by atoms with van der Waals surface area (Å²) < 4.78 is 25.3. The molecule has 2 N–H and O–H groups in total. The first-order valence-corrected chi connectivity index (χ1v) is 9.80. The molecule has 2 aliphatic rings. The number of rotatable bonds is 5. The van der Waals surface area contributed by atoms with E-state index in [-0.39, 0.29) is 13.1 Å². The predicted octanol–water partition coefficient (Wildman–Crippen LogP) is 2.81. The summed E-state index contributed by atoms with van der Waals surface area (Å²) in [5.41, 5.74) is 1.58. The van der Waals surface area contributed by atoms with E-state index < -0.39 is 24.0 Å². The van der Waals surface area contributed by atoms with Crippen LogP contribution in [-0.2, 0) is 9.47 Å². The predicted molar refractivity (Wildman–Crippen MR) is 111 cm³/mol. The average Bonchev–Trinajstić information content (AvgIpc) is 3.14. The number of hydrogen-bond acceptors (Lipinski definition) is 5. The number of anilines is 3. The van der Waals surface area contributed by atoms with Crippen LogP contribution in [0.4, 0.5) is 31.0 Å². The van der Waals surface area contributed by atoms with E-state index in [1.165, 1.54) is 11.0 Å². The van der Waals surface area contributed by atoms with E-state index in [9.17, 15) is 14.0 Å². The second kappa shape index (κ2) is 9.00. The molecule has 2 saturated heterocycles. The highest BCUT2D eigenvalue weighted by Crippen LogP contribution is 2.28. The molecule has 158 valence electrons. The first-order chi connectivity index (χ1) is 14.6. The fourth-order valence-corrected chi connectivity index (χ4v) is 3.47. The Hall–Kier alpha value is -3.33. The largest absolute Gasteiger partial charge is 0.442 e. The first-order valence-electron chi connectivity index (χ1n) is 9.80. The molecule has 0 radical (unpaired) electrons. The van der Waals surface area contributed by atoms with Gasteiger partial charge in [-0.25, -0.2) is 14.0 Å². The second-order valence-electron chi connectivity index (χ2n) is 7.05. The minimum absolute atomic E-state index is 0.148. The standard InChI is InChI=1S/C21H23FN4O4/c22-18-12-16(6-7-19(18)25-8-10-29-11-9-25)26-14-17(30-21(26)28)13-23-20(27)24-15-4-2-1-3-5-15/h1-7,12,17H,8-11,13-14H2,(H2,23,24,27)/t17-/m0/s1. The number of nitrogens with one attached hydrogen (secondary N) is 2. The summed E-state index contributed by atoms with van der Waals surface area (Å²) in [4.78, 5) is 27.5. The topological polar surface area (TPSA) is 83.1 Å². The number of carbonyl (C=O) groups excluding carboxylic acids is 2. The van der Waals surface area contributed by atoms with Crippen molar-refractivity contribution in [3.63, 3.8) is 0 Å². The summed E-state index contributed by atoms with van der Waals surface area (Å²) >= 11 is 0. The van der Waals surface area contributed by atoms with Crippen molar-refractivity contribution < 1.29 is 23.5 Å². The molecule has 2 heterocycles. The first kappa shape index (κ1) is 20.0. The fourth-order valence-electron chi connectivity index (χ4n) is 3.47. The number of cyclic esters (lactones) is 1. The van der Waals surface area contributed by atoms with Crippen molar-refractivity contribution in [2.24, 2.45) is 0 Å². The van der Waals surface area contributed by atoms with Gasteiger partial charge < -0.3 is 25.0 Å². The van der Waals surface area contributed by atoms with E-state index in [0.717, 1.165) is 0 Å². The lowest BCUT2D eigenvalue weighted by atomic mass is 10.2. The summed E-state index contributed by atoms with van der Waals surface area (Å²) in [7, 11) is 0. The number of carbonyl (C=O) groups is 2. The molecule has 1 atom stereocenters. The van der Waals surface area contributed by atoms with E-state index in [1.54, 1.807) is 24.3 Å². The molecule has 9 heteroatoms. The van der Waals surface area contributed by atoms with Crippen molar-refractivity contribution >= 4 is 29.2 Å². The van der Waals surface area contributed by atoms with Crippen molar-refractivity contribution in [3.8, 4) is 0 Å². The number of amides is 3. The third kappa shape index (κ3) is 4.62. The monoisotopic (exact) mass is 414 g/mol. The Labute approximate surface area is 173 Å². The summed E-state index contributed by atoms with van der Waals surface area (Å²) in [5, 5.41) is 5.38. The Kier molecular flexibility index (Phi) is 5.99. The molecule has 3 amide bonds. The van der Waals surface area contributed by atoms with E-state index in [0.29, 0.717) is 43.4 Å². The van der Waals surface area contributed by atoms with Gasteiger partial charge in [0.05, 0.1) is 37.7 Å². The fraction of sp³-hybridized carbons (Fsp3) is 0.333. The molecule has 4 rings (SSSR count). The zero-order valence-corrected chi connectivity index (χ0v) is 16.3. The molecule has 0 spiro atoms. The van der Waals surface area contributed by atoms with Gasteiger partial charge >= 0.3 is 12.1 Å². The maximum atomic E-state index is 14.6. The highest BCUT2D eigenvalue weighted by molar-refractivity contribution is 5.91. The molecule has 2 aromatic rings. The van der Waals surface area contributed by atoms with Crippen molar-refractivity contribution in [2.45, 2.75) is 6.10 Å². The molecular weight excluding hydrogens is 391 g/mol. The third-order valence-corrected chi connectivity index (χ3v) is 4.99. The van der Waals surface area contributed by atoms with E-state index in [2.05, 4.69) is 10.6 Å². The van der Waals surface area contributed by atoms with Crippen molar-refractivity contribution in [3.05, 3.63) is 54.3 Å². The van der Waals surface area contributed by atoms with Crippen molar-refractivity contribution in [1.29, 1.82) is 0 Å². The number of halogens is 1. The highest BCUT2D eigenvalue weighted by Gasteiger charge is 2.33. The number of morpholine rings is 1. The minimum Gasteiger partial charge on any atom is -0.442 e. The second-order valence-corrected chi connectivity index (χ2v) is 7.05. The average molecular weight is 414 g/mol. The molecule has 0 bridgehead atoms. The number of para-hydroxylation sites is 1. The number of urea groups is 1. The van der Waals surface area contributed by atoms with Gasteiger partial charge in [-0.05, 0) is 30.3 Å². The van der Waals surface area contributed by atoms with Gasteiger partial charge in [0.2, 0.25) is 0 Å². The zero-order chi connectivity index (χ0) is 20.9. The lowest BCUT2D eigenvalue weighted by molar-refractivity contribution is 0.122. The quantitative estimate of drug-likeness (QED) is 0.786. The summed E-state index contributed by atoms with van der Waals surface area (Å²) in [5.74, 6) is -0.397. The number of hydrogen-bond donors (Lipinski definition) is 2. The maximum Gasteiger partial charge on any atom is 0.414 e. The van der Waals surface area contributed by atoms with Gasteiger partial charge in [0, 0.05) is 18.8 Å². The van der Waals surface area contributed by atoms with Crippen LogP contribution >= 0.6 is 0 Å². The summed E-state index contributed by atoms with van der Waals surface area (Å²) in [6.07, 6.45) is -1.09. The number of ether oxygens (including phenoxy) is 2. The highest BCUT2D eigenvalue weighted by atomic mass is 19.1. The normalized spacial score (nSPS) is 18.8. The van der Waals surface area contributed by atoms with Crippen LogP contribution < -0.4 is 20.4 Å². The van der Waals surface area contributed by atoms with Gasteiger partial charge in [0.25, 0.3) is 0 Å². The Bertz CT molecular complexity index is 905. The minimum atomic E-state index is -0.566. The molecule has 8 nitrogen and oxygen atoms in total. The third-order valence-electron chi connectivity index (χ3n) is 4.99. The Morgan fingerprint density at radius 1 is 1.13 bits per heavy atom. The maximum absolute atomic E-state index is 14.6. The van der Waals surface area contributed by atoms with Gasteiger partial charge in [0.15, 0.2) is 0 Å². The molecule has 0 aliphatic carbocycles. The van der Waals surface area contributed by atoms with Crippen LogP contribution in [0, 0.1) is 5.82 Å². The van der Waals surface area contributed by atoms with E-state index in [1.807, 2.05) is 23.1 Å². The molecule has 30 heavy (non-hydrogen) atoms. The number of benzene rings is 2. The summed E-state index contributed by atoms with van der Waals surface area (Å²) in [6.45, 7) is 2.75. The van der Waals surface area contributed by atoms with Crippen LogP contribution in [0.3, 0.4) is 0 Å². The van der Waals surface area contributed by atoms with Crippen LogP contribution in [0.15, 0.2) is 48.5 Å². The summed E-state index contributed by atoms with van der Waals surface area (Å²) in [6, 6.07) is 13.3. The zero-order valence-electron chi connectivity index (χ0n) is 16.3. The van der Waals surface area contributed by atoms with Crippen molar-refractivity contribution in [1.82, 2.24) is 5.32 Å². The Morgan fingerprint density at radius 2 is 1.90 bits per heavy atom. The van der Waals surface area contributed by atoms with Gasteiger partial charge in [-0.2, -0.15) is 0 Å². The molecule has 2 fully saturated rings. The molecule has 0 saturated carbocycles. The molecule has 0 unspecified atom stereocenters. The van der Waals surface area contributed by atoms with Crippen LogP contribution in [0.2, 0.25) is 0 Å². The van der Waals surface area contributed by atoms with Gasteiger partial charge in [-0.3, -0.25) is 4.90 Å². The molecule has 2 aliphatic heterocycles. The lowest BCUT2D eigenvalue weighted by Crippen LogP contribution is -2.37. The van der Waals surface area contributed by atoms with Crippen LogP contribution in [-0.4, -0.2) is 57.6 Å². The van der Waals surface area contributed by atoms with Gasteiger partial charge in [-0.1, -0.05) is 18.2 Å². The van der Waals surface area contributed by atoms with Crippen LogP contribution in [0.1, 0.15) is 0 Å². The van der Waals surface area contributed by atoms with Crippen LogP contribution in [0.5, 0.6) is 0 Å². The van der Waals surface area contributed by atoms with Crippen LogP contribution in [0.25, 0.3) is 0 Å². The molecule has 0 aromatic heterocycles. The SMILES string of the molecule is O=C(NC[C@H]1CN(c2ccc(N3CCOCC3)c(F)c2)C(=O)O1)Nc1ccccc1. The molecular formula is C21H23FN4O4. The van der Waals surface area contributed by atoms with E-state index >= 15 is 0 Å². The van der Waals surface area contributed by atoms with Crippen molar-refractivity contribution in [2.75, 3.05) is 54.5 Å².